The quantitative estimate of drug-likeness (QED) is 0.554. The first-order valence-electron chi connectivity index (χ1n) is 4.92. The third-order valence-electron chi connectivity index (χ3n) is 2.03. The molecular weight excluding hydrogens is 240 g/mol. The van der Waals surface area contributed by atoms with E-state index in [2.05, 4.69) is 5.32 Å². The molecule has 0 saturated carbocycles. The first-order chi connectivity index (χ1) is 7.90. The Labute approximate surface area is 105 Å². The van der Waals surface area contributed by atoms with Gasteiger partial charge in [0.25, 0.3) is 5.91 Å². The van der Waals surface area contributed by atoms with Crippen LogP contribution in [0.4, 0.5) is 0 Å². The molecule has 0 heterocycles. The number of aryl methyl sites for hydroxylation is 1. The fourth-order valence-corrected chi connectivity index (χ4v) is 1.56. The molecule has 17 heavy (non-hydrogen) atoms. The molecule has 1 rings (SSSR count). The minimum absolute atomic E-state index is 0.175. The normalized spacial score (nSPS) is 11.2. The van der Waals surface area contributed by atoms with Crippen LogP contribution >= 0.6 is 11.6 Å². The summed E-state index contributed by atoms with van der Waals surface area (Å²) in [6, 6.07) is 5.01. The molecule has 0 aliphatic carbocycles. The van der Waals surface area contributed by atoms with Crippen LogP contribution in [-0.4, -0.2) is 18.0 Å². The summed E-state index contributed by atoms with van der Waals surface area (Å²) in [6.07, 6.45) is 1.41. The lowest BCUT2D eigenvalue weighted by atomic mass is 10.1. The molecule has 0 aliphatic rings. The summed E-state index contributed by atoms with van der Waals surface area (Å²) in [4.78, 5) is 11.8. The molecule has 0 bridgehead atoms. The van der Waals surface area contributed by atoms with Crippen LogP contribution in [0.2, 0.25) is 5.02 Å². The summed E-state index contributed by atoms with van der Waals surface area (Å²) < 4.78 is 0. The second-order valence-electron chi connectivity index (χ2n) is 3.66. The fourth-order valence-electron chi connectivity index (χ4n) is 1.33. The summed E-state index contributed by atoms with van der Waals surface area (Å²) in [7, 11) is 1.60. The van der Waals surface area contributed by atoms with Gasteiger partial charge in [0.15, 0.2) is 0 Å². The SMILES string of the molecule is Cc1cc(Cl)ccc1C(=O)N/C(N)=C/N(C)N. The van der Waals surface area contributed by atoms with E-state index in [0.717, 1.165) is 5.56 Å². The van der Waals surface area contributed by atoms with Crippen molar-refractivity contribution in [1.29, 1.82) is 0 Å². The van der Waals surface area contributed by atoms with Gasteiger partial charge in [0, 0.05) is 17.6 Å². The minimum Gasteiger partial charge on any atom is -0.384 e. The summed E-state index contributed by atoms with van der Waals surface area (Å²) in [5.74, 6) is 5.24. The van der Waals surface area contributed by atoms with E-state index in [1.54, 1.807) is 32.2 Å². The third-order valence-corrected chi connectivity index (χ3v) is 2.27. The number of hydrogen-bond donors (Lipinski definition) is 3. The number of rotatable bonds is 3. The predicted molar refractivity (Wildman–Crippen MR) is 67.9 cm³/mol. The van der Waals surface area contributed by atoms with Gasteiger partial charge in [-0.05, 0) is 30.7 Å². The van der Waals surface area contributed by atoms with Crippen molar-refractivity contribution in [2.45, 2.75) is 6.92 Å². The number of nitrogens with zero attached hydrogens (tertiary/aromatic N) is 1. The summed E-state index contributed by atoms with van der Waals surface area (Å²) >= 11 is 5.81. The molecule has 0 aromatic heterocycles. The number of halogens is 1. The highest BCUT2D eigenvalue weighted by Gasteiger charge is 2.09. The van der Waals surface area contributed by atoms with Crippen molar-refractivity contribution < 1.29 is 4.79 Å². The molecule has 1 aromatic rings. The van der Waals surface area contributed by atoms with Crippen molar-refractivity contribution in [3.8, 4) is 0 Å². The van der Waals surface area contributed by atoms with Crippen molar-refractivity contribution in [2.24, 2.45) is 11.6 Å². The standard InChI is InChI=1S/C11H15ClN4O/c1-7-5-8(12)3-4-9(7)11(17)15-10(13)6-16(2)14/h3-6H,13-14H2,1-2H3,(H,15,17)/b10-6+. The van der Waals surface area contributed by atoms with Gasteiger partial charge in [0.1, 0.15) is 5.82 Å². The van der Waals surface area contributed by atoms with Gasteiger partial charge in [0.05, 0.1) is 6.20 Å². The van der Waals surface area contributed by atoms with E-state index in [9.17, 15) is 4.79 Å². The Hall–Kier alpha value is -1.72. The molecule has 5 nitrogen and oxygen atoms in total. The lowest BCUT2D eigenvalue weighted by Gasteiger charge is -2.10. The largest absolute Gasteiger partial charge is 0.384 e. The molecule has 0 spiro atoms. The van der Waals surface area contributed by atoms with Gasteiger partial charge in [-0.2, -0.15) is 0 Å². The van der Waals surface area contributed by atoms with E-state index >= 15 is 0 Å². The average Bonchev–Trinajstić information content (AvgIpc) is 2.15. The molecule has 6 heteroatoms. The Bertz CT molecular complexity index is 457. The molecule has 92 valence electrons. The summed E-state index contributed by atoms with van der Waals surface area (Å²) in [5.41, 5.74) is 6.87. The average molecular weight is 255 g/mol. The number of nitrogens with one attached hydrogen (secondary N) is 1. The molecule has 0 fully saturated rings. The van der Waals surface area contributed by atoms with Gasteiger partial charge in [0.2, 0.25) is 0 Å². The van der Waals surface area contributed by atoms with Crippen molar-refractivity contribution in [3.63, 3.8) is 0 Å². The van der Waals surface area contributed by atoms with Crippen LogP contribution in [0, 0.1) is 6.92 Å². The number of carbonyl (C=O) groups excluding carboxylic acids is 1. The maximum atomic E-state index is 11.8. The Morgan fingerprint density at radius 2 is 2.18 bits per heavy atom. The molecule has 0 unspecified atom stereocenters. The molecule has 1 aromatic carbocycles. The zero-order valence-electron chi connectivity index (χ0n) is 9.70. The zero-order valence-corrected chi connectivity index (χ0v) is 10.5. The van der Waals surface area contributed by atoms with Crippen LogP contribution in [0.3, 0.4) is 0 Å². The van der Waals surface area contributed by atoms with Crippen LogP contribution in [0.5, 0.6) is 0 Å². The number of amides is 1. The van der Waals surface area contributed by atoms with Crippen LogP contribution in [0.1, 0.15) is 15.9 Å². The second kappa shape index (κ2) is 5.56. The van der Waals surface area contributed by atoms with Crippen molar-refractivity contribution in [3.05, 3.63) is 46.4 Å². The topological polar surface area (TPSA) is 84.4 Å². The number of hydrazine groups is 1. The highest BCUT2D eigenvalue weighted by atomic mass is 35.5. The number of nitrogens with two attached hydrogens (primary N) is 2. The lowest BCUT2D eigenvalue weighted by molar-refractivity contribution is 0.0964. The highest BCUT2D eigenvalue weighted by molar-refractivity contribution is 6.30. The van der Waals surface area contributed by atoms with Crippen molar-refractivity contribution in [2.75, 3.05) is 7.05 Å². The molecule has 1 amide bonds. The summed E-state index contributed by atoms with van der Waals surface area (Å²) in [6.45, 7) is 1.80. The fraction of sp³-hybridized carbons (Fsp3) is 0.182. The Kier molecular flexibility index (Phi) is 4.37. The van der Waals surface area contributed by atoms with E-state index in [0.29, 0.717) is 10.6 Å². The molecule has 0 saturated heterocycles. The van der Waals surface area contributed by atoms with E-state index < -0.39 is 0 Å². The first-order valence-corrected chi connectivity index (χ1v) is 5.30. The molecule has 0 atom stereocenters. The van der Waals surface area contributed by atoms with Gasteiger partial charge in [-0.1, -0.05) is 11.6 Å². The van der Waals surface area contributed by atoms with E-state index in [1.165, 1.54) is 11.2 Å². The molecule has 0 radical (unpaired) electrons. The van der Waals surface area contributed by atoms with Gasteiger partial charge in [-0.15, -0.1) is 0 Å². The molecular formula is C11H15ClN4O. The van der Waals surface area contributed by atoms with Gasteiger partial charge in [-0.3, -0.25) is 4.79 Å². The Morgan fingerprint density at radius 1 is 1.53 bits per heavy atom. The molecule has 0 aliphatic heterocycles. The van der Waals surface area contributed by atoms with Crippen LogP contribution in [0.25, 0.3) is 0 Å². The Balaban J connectivity index is 2.84. The first kappa shape index (κ1) is 13.3. The number of benzene rings is 1. The van der Waals surface area contributed by atoms with Crippen molar-refractivity contribution >= 4 is 17.5 Å². The van der Waals surface area contributed by atoms with E-state index in [-0.39, 0.29) is 11.7 Å². The smallest absolute Gasteiger partial charge is 0.257 e. The van der Waals surface area contributed by atoms with Gasteiger partial charge in [-0.25, -0.2) is 5.84 Å². The number of hydrogen-bond acceptors (Lipinski definition) is 4. The van der Waals surface area contributed by atoms with Crippen molar-refractivity contribution in [1.82, 2.24) is 10.3 Å². The second-order valence-corrected chi connectivity index (χ2v) is 4.10. The number of carbonyl (C=O) groups is 1. The van der Waals surface area contributed by atoms with E-state index in [1.807, 2.05) is 0 Å². The van der Waals surface area contributed by atoms with Crippen LogP contribution in [0.15, 0.2) is 30.2 Å². The highest BCUT2D eigenvalue weighted by Crippen LogP contribution is 2.15. The Morgan fingerprint density at radius 3 is 2.71 bits per heavy atom. The third kappa shape index (κ3) is 3.97. The predicted octanol–water partition coefficient (Wildman–Crippen LogP) is 0.941. The summed E-state index contributed by atoms with van der Waals surface area (Å²) in [5, 5.41) is 4.36. The maximum Gasteiger partial charge on any atom is 0.257 e. The van der Waals surface area contributed by atoms with Gasteiger partial charge < -0.3 is 16.1 Å². The monoisotopic (exact) mass is 254 g/mol. The van der Waals surface area contributed by atoms with Crippen LogP contribution in [-0.2, 0) is 0 Å². The lowest BCUT2D eigenvalue weighted by Crippen LogP contribution is -2.31. The maximum absolute atomic E-state index is 11.8. The van der Waals surface area contributed by atoms with Gasteiger partial charge >= 0.3 is 0 Å². The van der Waals surface area contributed by atoms with Crippen LogP contribution < -0.4 is 16.9 Å². The van der Waals surface area contributed by atoms with E-state index in [4.69, 9.17) is 23.2 Å². The molecule has 5 N–H and O–H groups in total. The minimum atomic E-state index is -0.297. The zero-order chi connectivity index (χ0) is 13.0.